The average Bonchev–Trinajstić information content (AvgIpc) is 2.43. The van der Waals surface area contributed by atoms with Crippen LogP contribution < -0.4 is 5.73 Å². The molecule has 1 aromatic rings. The molecule has 1 aromatic carbocycles. The van der Waals surface area contributed by atoms with Gasteiger partial charge in [-0.25, -0.2) is 0 Å². The first-order chi connectivity index (χ1) is 9.79. The van der Waals surface area contributed by atoms with Crippen LogP contribution in [0.15, 0.2) is 30.3 Å². The third-order valence-electron chi connectivity index (χ3n) is 6.63. The molecule has 0 amide bonds. The SMILES string of the molecule is NCCC12CC3CC(CC(C3)C1Cc1ccccc1)C2. The number of benzene rings is 1. The molecule has 0 radical (unpaired) electrons. The van der Waals surface area contributed by atoms with Crippen LogP contribution in [0.3, 0.4) is 0 Å². The zero-order valence-corrected chi connectivity index (χ0v) is 12.4. The third kappa shape index (κ3) is 2.02. The van der Waals surface area contributed by atoms with Gasteiger partial charge in [-0.05, 0) is 86.1 Å². The molecule has 3 atom stereocenters. The van der Waals surface area contributed by atoms with E-state index in [9.17, 15) is 0 Å². The first-order valence-corrected chi connectivity index (χ1v) is 8.53. The molecule has 1 nitrogen and oxygen atoms in total. The van der Waals surface area contributed by atoms with E-state index in [0.717, 1.165) is 30.2 Å². The highest BCUT2D eigenvalue weighted by molar-refractivity contribution is 5.18. The lowest BCUT2D eigenvalue weighted by Gasteiger charge is -2.62. The molecule has 0 heterocycles. The van der Waals surface area contributed by atoms with Gasteiger partial charge in [-0.3, -0.25) is 0 Å². The Morgan fingerprint density at radius 1 is 1.00 bits per heavy atom. The second-order valence-electron chi connectivity index (χ2n) is 7.80. The molecule has 2 N–H and O–H groups in total. The zero-order valence-electron chi connectivity index (χ0n) is 12.4. The highest BCUT2D eigenvalue weighted by Crippen LogP contribution is 2.64. The Balaban J connectivity index is 1.63. The molecule has 1 heteroatoms. The third-order valence-corrected chi connectivity index (χ3v) is 6.63. The fourth-order valence-electron chi connectivity index (χ4n) is 6.24. The van der Waals surface area contributed by atoms with Crippen LogP contribution in [0, 0.1) is 29.1 Å². The van der Waals surface area contributed by atoms with Gasteiger partial charge in [0.05, 0.1) is 0 Å². The lowest BCUT2D eigenvalue weighted by Crippen LogP contribution is -2.53. The van der Waals surface area contributed by atoms with E-state index in [0.29, 0.717) is 5.41 Å². The Bertz CT molecular complexity index is 452. The lowest BCUT2D eigenvalue weighted by molar-refractivity contribution is -0.112. The molecular formula is C19H27N. The van der Waals surface area contributed by atoms with E-state index in [2.05, 4.69) is 30.3 Å². The van der Waals surface area contributed by atoms with Crippen LogP contribution in [0.2, 0.25) is 0 Å². The quantitative estimate of drug-likeness (QED) is 0.877. The monoisotopic (exact) mass is 269 g/mol. The molecule has 0 aliphatic heterocycles. The lowest BCUT2D eigenvalue weighted by atomic mass is 9.43. The molecule has 0 saturated heterocycles. The second-order valence-corrected chi connectivity index (χ2v) is 7.80. The molecule has 108 valence electrons. The summed E-state index contributed by atoms with van der Waals surface area (Å²) in [6.07, 6.45) is 10.1. The van der Waals surface area contributed by atoms with E-state index in [1.165, 1.54) is 44.9 Å². The number of nitrogens with two attached hydrogens (primary N) is 1. The summed E-state index contributed by atoms with van der Waals surface area (Å²) < 4.78 is 0. The average molecular weight is 269 g/mol. The molecule has 5 rings (SSSR count). The van der Waals surface area contributed by atoms with Gasteiger partial charge in [0.25, 0.3) is 0 Å². The van der Waals surface area contributed by atoms with Gasteiger partial charge >= 0.3 is 0 Å². The maximum atomic E-state index is 6.01. The van der Waals surface area contributed by atoms with Gasteiger partial charge < -0.3 is 5.73 Å². The van der Waals surface area contributed by atoms with Gasteiger partial charge in [-0.1, -0.05) is 30.3 Å². The van der Waals surface area contributed by atoms with Crippen molar-refractivity contribution >= 4 is 0 Å². The summed E-state index contributed by atoms with van der Waals surface area (Å²) in [5.74, 6) is 3.96. The molecule has 3 unspecified atom stereocenters. The summed E-state index contributed by atoms with van der Waals surface area (Å²) in [7, 11) is 0. The summed E-state index contributed by atoms with van der Waals surface area (Å²) in [5, 5.41) is 0. The summed E-state index contributed by atoms with van der Waals surface area (Å²) in [4.78, 5) is 0. The summed E-state index contributed by atoms with van der Waals surface area (Å²) >= 11 is 0. The van der Waals surface area contributed by atoms with E-state index in [-0.39, 0.29) is 0 Å². The Hall–Kier alpha value is -0.820. The minimum absolute atomic E-state index is 0.597. The fourth-order valence-corrected chi connectivity index (χ4v) is 6.24. The van der Waals surface area contributed by atoms with Crippen molar-refractivity contribution in [3.05, 3.63) is 35.9 Å². The van der Waals surface area contributed by atoms with Crippen LogP contribution in [-0.4, -0.2) is 6.54 Å². The van der Waals surface area contributed by atoms with Crippen molar-refractivity contribution in [3.63, 3.8) is 0 Å². The van der Waals surface area contributed by atoms with E-state index in [1.54, 1.807) is 5.56 Å². The molecule has 4 aliphatic carbocycles. The van der Waals surface area contributed by atoms with E-state index < -0.39 is 0 Å². The molecule has 0 aromatic heterocycles. The van der Waals surface area contributed by atoms with Gasteiger partial charge in [0.1, 0.15) is 0 Å². The zero-order chi connectivity index (χ0) is 13.6. The summed E-state index contributed by atoms with van der Waals surface area (Å²) in [6, 6.07) is 11.2. The summed E-state index contributed by atoms with van der Waals surface area (Å²) in [6.45, 7) is 0.886. The van der Waals surface area contributed by atoms with E-state index >= 15 is 0 Å². The summed E-state index contributed by atoms with van der Waals surface area (Å²) in [5.41, 5.74) is 8.15. The number of hydrogen-bond donors (Lipinski definition) is 1. The first kappa shape index (κ1) is 12.9. The standard InChI is InChI=1S/C19H27N/c20-7-6-19-12-15-8-16(13-19)10-17(9-15)18(19)11-14-4-2-1-3-5-14/h1-5,15-18H,6-13,20H2. The van der Waals surface area contributed by atoms with Crippen molar-refractivity contribution in [3.8, 4) is 0 Å². The molecule has 4 saturated carbocycles. The largest absolute Gasteiger partial charge is 0.330 e. The van der Waals surface area contributed by atoms with E-state index in [1.807, 2.05) is 0 Å². The first-order valence-electron chi connectivity index (χ1n) is 8.53. The Morgan fingerprint density at radius 3 is 2.35 bits per heavy atom. The van der Waals surface area contributed by atoms with Crippen molar-refractivity contribution in [1.29, 1.82) is 0 Å². The van der Waals surface area contributed by atoms with Crippen LogP contribution >= 0.6 is 0 Å². The van der Waals surface area contributed by atoms with Crippen LogP contribution in [0.5, 0.6) is 0 Å². The maximum Gasteiger partial charge on any atom is -0.00719 e. The molecule has 4 aliphatic rings. The minimum atomic E-state index is 0.597. The Morgan fingerprint density at radius 2 is 1.70 bits per heavy atom. The predicted octanol–water partition coefficient (Wildman–Crippen LogP) is 4.02. The van der Waals surface area contributed by atoms with Crippen molar-refractivity contribution in [2.45, 2.75) is 44.9 Å². The van der Waals surface area contributed by atoms with Crippen LogP contribution in [-0.2, 0) is 6.42 Å². The second kappa shape index (κ2) is 4.87. The van der Waals surface area contributed by atoms with Crippen LogP contribution in [0.1, 0.15) is 44.1 Å². The minimum Gasteiger partial charge on any atom is -0.330 e. The Kier molecular flexibility index (Phi) is 3.14. The Labute approximate surface area is 122 Å². The molecular weight excluding hydrogens is 242 g/mol. The van der Waals surface area contributed by atoms with Crippen LogP contribution in [0.4, 0.5) is 0 Å². The highest BCUT2D eigenvalue weighted by atomic mass is 14.6. The topological polar surface area (TPSA) is 26.0 Å². The van der Waals surface area contributed by atoms with Crippen molar-refractivity contribution in [2.24, 2.45) is 34.8 Å². The number of hydrogen-bond acceptors (Lipinski definition) is 1. The van der Waals surface area contributed by atoms with Crippen molar-refractivity contribution in [2.75, 3.05) is 6.54 Å². The molecule has 20 heavy (non-hydrogen) atoms. The fraction of sp³-hybridized carbons (Fsp3) is 0.684. The van der Waals surface area contributed by atoms with Gasteiger partial charge in [-0.2, -0.15) is 0 Å². The van der Waals surface area contributed by atoms with Crippen LogP contribution in [0.25, 0.3) is 0 Å². The van der Waals surface area contributed by atoms with E-state index in [4.69, 9.17) is 5.73 Å². The van der Waals surface area contributed by atoms with Crippen molar-refractivity contribution in [1.82, 2.24) is 0 Å². The molecule has 4 fully saturated rings. The molecule has 4 bridgehead atoms. The van der Waals surface area contributed by atoms with Gasteiger partial charge in [-0.15, -0.1) is 0 Å². The van der Waals surface area contributed by atoms with Gasteiger partial charge in [0, 0.05) is 0 Å². The van der Waals surface area contributed by atoms with Gasteiger partial charge in [0.15, 0.2) is 0 Å². The number of rotatable bonds is 4. The molecule has 0 spiro atoms. The maximum absolute atomic E-state index is 6.01. The van der Waals surface area contributed by atoms with Gasteiger partial charge in [0.2, 0.25) is 0 Å². The smallest absolute Gasteiger partial charge is 0.00719 e. The predicted molar refractivity (Wildman–Crippen MR) is 83.3 cm³/mol. The normalized spacial score (nSPS) is 42.0. The highest BCUT2D eigenvalue weighted by Gasteiger charge is 2.55. The van der Waals surface area contributed by atoms with Crippen molar-refractivity contribution < 1.29 is 0 Å².